The van der Waals surface area contributed by atoms with Gasteiger partial charge in [0.2, 0.25) is 0 Å². The molecule has 0 fully saturated rings. The van der Waals surface area contributed by atoms with Crippen LogP contribution in [0.1, 0.15) is 53.7 Å². The Morgan fingerprint density at radius 2 is 2.03 bits per heavy atom. The number of carboxylic acids is 1. The standard InChI is InChI=1S/C25H22BrN3O4/c1-4-14(2)23-28-21-9-6-17(26)12-20(21)24(30)29(23)27-13-18-7-10-22(33-18)19-8-5-16(25(31)32)11-15(19)3/h5-14H,4H2,1-3H3,(H,31,32)/t14-/m0/s1. The third-order valence-electron chi connectivity index (χ3n) is 5.55. The van der Waals surface area contributed by atoms with Gasteiger partial charge in [0.25, 0.3) is 5.56 Å². The molecular formula is C25H22BrN3O4. The molecule has 168 valence electrons. The molecule has 33 heavy (non-hydrogen) atoms. The lowest BCUT2D eigenvalue weighted by molar-refractivity contribution is 0.0697. The van der Waals surface area contributed by atoms with Crippen molar-refractivity contribution < 1.29 is 14.3 Å². The Kier molecular flexibility index (Phi) is 6.29. The Bertz CT molecular complexity index is 1450. The molecule has 1 N–H and O–H groups in total. The number of benzene rings is 2. The van der Waals surface area contributed by atoms with Gasteiger partial charge in [0.05, 0.1) is 22.7 Å². The summed E-state index contributed by atoms with van der Waals surface area (Å²) in [5.74, 6) is 0.686. The van der Waals surface area contributed by atoms with Crippen molar-refractivity contribution in [2.24, 2.45) is 5.10 Å². The number of fused-ring (bicyclic) bond motifs is 1. The van der Waals surface area contributed by atoms with Crippen LogP contribution in [0, 0.1) is 6.92 Å². The summed E-state index contributed by atoms with van der Waals surface area (Å²) in [6.07, 6.45) is 2.30. The Morgan fingerprint density at radius 1 is 1.24 bits per heavy atom. The normalized spacial score (nSPS) is 12.5. The number of hydrogen-bond acceptors (Lipinski definition) is 5. The number of furan rings is 1. The molecule has 0 aliphatic rings. The molecule has 0 aliphatic heterocycles. The van der Waals surface area contributed by atoms with Gasteiger partial charge < -0.3 is 9.52 Å². The van der Waals surface area contributed by atoms with E-state index in [1.165, 1.54) is 17.0 Å². The second-order valence-electron chi connectivity index (χ2n) is 7.84. The van der Waals surface area contributed by atoms with Crippen LogP contribution in [0.3, 0.4) is 0 Å². The Morgan fingerprint density at radius 3 is 2.73 bits per heavy atom. The lowest BCUT2D eigenvalue weighted by Crippen LogP contribution is -2.23. The van der Waals surface area contributed by atoms with E-state index in [1.807, 2.05) is 32.9 Å². The van der Waals surface area contributed by atoms with Gasteiger partial charge in [-0.15, -0.1) is 0 Å². The number of carbonyl (C=O) groups is 1. The Labute approximate surface area is 198 Å². The number of carboxylic acid groups (broad SMARTS) is 1. The van der Waals surface area contributed by atoms with E-state index in [0.29, 0.717) is 28.2 Å². The first-order chi connectivity index (χ1) is 15.8. The van der Waals surface area contributed by atoms with Crippen molar-refractivity contribution >= 4 is 39.0 Å². The average molecular weight is 508 g/mol. The van der Waals surface area contributed by atoms with Gasteiger partial charge in [-0.05, 0) is 61.4 Å². The summed E-state index contributed by atoms with van der Waals surface area (Å²) < 4.78 is 8.03. The molecule has 8 heteroatoms. The molecule has 0 bridgehead atoms. The van der Waals surface area contributed by atoms with Gasteiger partial charge >= 0.3 is 5.97 Å². The largest absolute Gasteiger partial charge is 0.478 e. The summed E-state index contributed by atoms with van der Waals surface area (Å²) in [5, 5.41) is 14.1. The van der Waals surface area contributed by atoms with E-state index >= 15 is 0 Å². The van der Waals surface area contributed by atoms with Gasteiger partial charge in [-0.2, -0.15) is 9.78 Å². The monoisotopic (exact) mass is 507 g/mol. The number of halogens is 1. The lowest BCUT2D eigenvalue weighted by atomic mass is 10.0. The molecule has 2 heterocycles. The highest BCUT2D eigenvalue weighted by Crippen LogP contribution is 2.26. The smallest absolute Gasteiger partial charge is 0.335 e. The lowest BCUT2D eigenvalue weighted by Gasteiger charge is -2.13. The molecule has 0 saturated carbocycles. The minimum absolute atomic E-state index is 0.0328. The summed E-state index contributed by atoms with van der Waals surface area (Å²) in [6.45, 7) is 5.87. The topological polar surface area (TPSA) is 97.7 Å². The van der Waals surface area contributed by atoms with Crippen LogP contribution >= 0.6 is 15.9 Å². The number of aromatic nitrogens is 2. The van der Waals surface area contributed by atoms with Crippen LogP contribution < -0.4 is 5.56 Å². The van der Waals surface area contributed by atoms with Crippen molar-refractivity contribution in [3.05, 3.63) is 86.1 Å². The first kappa shape index (κ1) is 22.7. The fourth-order valence-electron chi connectivity index (χ4n) is 3.53. The fourth-order valence-corrected chi connectivity index (χ4v) is 3.89. The maximum absolute atomic E-state index is 13.2. The first-order valence-corrected chi connectivity index (χ1v) is 11.3. The molecule has 4 rings (SSSR count). The van der Waals surface area contributed by atoms with Crippen molar-refractivity contribution in [1.82, 2.24) is 9.66 Å². The number of aromatic carboxylic acids is 1. The van der Waals surface area contributed by atoms with Crippen LogP contribution in [0.5, 0.6) is 0 Å². The number of rotatable bonds is 6. The van der Waals surface area contributed by atoms with E-state index in [9.17, 15) is 9.59 Å². The van der Waals surface area contributed by atoms with E-state index in [-0.39, 0.29) is 17.0 Å². The van der Waals surface area contributed by atoms with Crippen LogP contribution in [0.2, 0.25) is 0 Å². The van der Waals surface area contributed by atoms with Gasteiger partial charge in [-0.25, -0.2) is 9.78 Å². The molecule has 4 aromatic rings. The Hall–Kier alpha value is -3.52. The second-order valence-corrected chi connectivity index (χ2v) is 8.75. The summed E-state index contributed by atoms with van der Waals surface area (Å²) in [4.78, 5) is 29.1. The quantitative estimate of drug-likeness (QED) is 0.331. The maximum atomic E-state index is 13.2. The zero-order valence-corrected chi connectivity index (χ0v) is 20.0. The average Bonchev–Trinajstić information content (AvgIpc) is 3.26. The van der Waals surface area contributed by atoms with Gasteiger partial charge in [0.15, 0.2) is 0 Å². The molecule has 0 saturated heterocycles. The highest BCUT2D eigenvalue weighted by molar-refractivity contribution is 9.10. The van der Waals surface area contributed by atoms with Crippen molar-refractivity contribution in [2.45, 2.75) is 33.1 Å². The predicted molar refractivity (Wildman–Crippen MR) is 131 cm³/mol. The minimum atomic E-state index is -0.976. The fraction of sp³-hybridized carbons (Fsp3) is 0.200. The highest BCUT2D eigenvalue weighted by Gasteiger charge is 2.16. The van der Waals surface area contributed by atoms with E-state index in [0.717, 1.165) is 22.0 Å². The van der Waals surface area contributed by atoms with Crippen molar-refractivity contribution in [1.29, 1.82) is 0 Å². The number of hydrogen-bond donors (Lipinski definition) is 1. The first-order valence-electron chi connectivity index (χ1n) is 10.5. The molecule has 2 aromatic heterocycles. The molecule has 0 aliphatic carbocycles. The molecule has 7 nitrogen and oxygen atoms in total. The molecule has 2 aromatic carbocycles. The summed E-state index contributed by atoms with van der Waals surface area (Å²) >= 11 is 3.41. The summed E-state index contributed by atoms with van der Waals surface area (Å²) in [7, 11) is 0. The number of nitrogens with zero attached hydrogens (tertiary/aromatic N) is 3. The van der Waals surface area contributed by atoms with E-state index < -0.39 is 5.97 Å². The van der Waals surface area contributed by atoms with Crippen molar-refractivity contribution in [3.8, 4) is 11.3 Å². The van der Waals surface area contributed by atoms with E-state index in [4.69, 9.17) is 14.5 Å². The van der Waals surface area contributed by atoms with Crippen molar-refractivity contribution in [2.75, 3.05) is 0 Å². The highest BCUT2D eigenvalue weighted by atomic mass is 79.9. The van der Waals surface area contributed by atoms with Gasteiger partial charge in [0.1, 0.15) is 17.3 Å². The molecule has 0 spiro atoms. The van der Waals surface area contributed by atoms with Gasteiger partial charge in [0, 0.05) is 16.0 Å². The van der Waals surface area contributed by atoms with E-state index in [1.54, 1.807) is 30.3 Å². The molecule has 0 radical (unpaired) electrons. The SMILES string of the molecule is CC[C@H](C)c1nc2ccc(Br)cc2c(=O)n1N=Cc1ccc(-c2ccc(C(=O)O)cc2C)o1. The number of aryl methyl sites for hydroxylation is 1. The van der Waals surface area contributed by atoms with Crippen molar-refractivity contribution in [3.63, 3.8) is 0 Å². The predicted octanol–water partition coefficient (Wildman–Crippen LogP) is 5.82. The third-order valence-corrected chi connectivity index (χ3v) is 6.05. The summed E-state index contributed by atoms with van der Waals surface area (Å²) in [6, 6.07) is 13.8. The zero-order valence-electron chi connectivity index (χ0n) is 18.4. The summed E-state index contributed by atoms with van der Waals surface area (Å²) in [5.41, 5.74) is 2.17. The third kappa shape index (κ3) is 4.52. The van der Waals surface area contributed by atoms with Crippen LogP contribution in [0.25, 0.3) is 22.2 Å². The van der Waals surface area contributed by atoms with Gasteiger partial charge in [-0.1, -0.05) is 35.8 Å². The maximum Gasteiger partial charge on any atom is 0.335 e. The van der Waals surface area contributed by atoms with Crippen LogP contribution in [-0.2, 0) is 0 Å². The Balaban J connectivity index is 1.74. The molecule has 0 amide bonds. The van der Waals surface area contributed by atoms with E-state index in [2.05, 4.69) is 21.0 Å². The van der Waals surface area contributed by atoms with Crippen LogP contribution in [-0.4, -0.2) is 27.0 Å². The van der Waals surface area contributed by atoms with Gasteiger partial charge in [-0.3, -0.25) is 4.79 Å². The van der Waals surface area contributed by atoms with Crippen LogP contribution in [0.15, 0.2) is 67.3 Å². The zero-order chi connectivity index (χ0) is 23.7. The minimum Gasteiger partial charge on any atom is -0.478 e. The molecule has 1 atom stereocenters. The molecular weight excluding hydrogens is 486 g/mol. The van der Waals surface area contributed by atoms with Crippen LogP contribution in [0.4, 0.5) is 0 Å². The second kappa shape index (κ2) is 9.15. The molecule has 0 unspecified atom stereocenters.